The summed E-state index contributed by atoms with van der Waals surface area (Å²) >= 11 is 1.24. The molecule has 0 fully saturated rings. The van der Waals surface area contributed by atoms with E-state index in [-0.39, 0.29) is 18.3 Å². The van der Waals surface area contributed by atoms with Crippen LogP contribution in [0.3, 0.4) is 0 Å². The molecule has 1 amide bonds. The fourth-order valence-corrected chi connectivity index (χ4v) is 4.20. The number of ether oxygens (including phenoxy) is 3. The number of amides is 1. The average molecular weight is 484 g/mol. The Hall–Kier alpha value is -3.40. The van der Waals surface area contributed by atoms with Crippen LogP contribution in [0.4, 0.5) is 0 Å². The third-order valence-electron chi connectivity index (χ3n) is 5.43. The van der Waals surface area contributed by atoms with E-state index in [4.69, 9.17) is 20.1 Å². The molecule has 3 aromatic rings. The topological polar surface area (TPSA) is 105 Å². The van der Waals surface area contributed by atoms with Crippen LogP contribution in [0.25, 0.3) is 0 Å². The van der Waals surface area contributed by atoms with Crippen molar-refractivity contribution in [3.05, 3.63) is 59.4 Å². The summed E-state index contributed by atoms with van der Waals surface area (Å²) in [6, 6.07) is 13.7. The second kappa shape index (κ2) is 10.7. The van der Waals surface area contributed by atoms with Gasteiger partial charge >= 0.3 is 0 Å². The summed E-state index contributed by atoms with van der Waals surface area (Å²) in [5.41, 5.74) is 2.21. The van der Waals surface area contributed by atoms with E-state index in [1.807, 2.05) is 42.5 Å². The van der Waals surface area contributed by atoms with E-state index in [1.165, 1.54) is 22.0 Å². The number of nitrogens with two attached hydrogens (primary N) is 1. The molecule has 2 heterocycles. The van der Waals surface area contributed by atoms with Gasteiger partial charge in [0.25, 0.3) is 0 Å². The zero-order valence-corrected chi connectivity index (χ0v) is 20.4. The van der Waals surface area contributed by atoms with Crippen LogP contribution < -0.4 is 20.1 Å². The number of carbonyl (C=O) groups excluding carboxylic acids is 1. The van der Waals surface area contributed by atoms with Gasteiger partial charge in [-0.05, 0) is 41.3 Å². The van der Waals surface area contributed by atoms with Gasteiger partial charge in [-0.3, -0.25) is 4.79 Å². The van der Waals surface area contributed by atoms with Crippen molar-refractivity contribution in [1.82, 2.24) is 19.8 Å². The number of rotatable bonds is 9. The summed E-state index contributed by atoms with van der Waals surface area (Å²) in [5.74, 6) is 9.38. The highest BCUT2D eigenvalue weighted by Crippen LogP contribution is 2.31. The summed E-state index contributed by atoms with van der Waals surface area (Å²) in [5, 5.41) is 8.65. The molecule has 2 N–H and O–H groups in total. The number of aromatic nitrogens is 3. The molecule has 9 nitrogen and oxygen atoms in total. The van der Waals surface area contributed by atoms with E-state index >= 15 is 0 Å². The van der Waals surface area contributed by atoms with Gasteiger partial charge in [0.05, 0.1) is 5.75 Å². The molecule has 4 rings (SSSR count). The van der Waals surface area contributed by atoms with Crippen molar-refractivity contribution in [3.63, 3.8) is 0 Å². The molecule has 0 spiro atoms. The maximum atomic E-state index is 12.6. The number of nitrogen functional groups attached to an aromatic ring is 1. The van der Waals surface area contributed by atoms with Crippen molar-refractivity contribution < 1.29 is 19.0 Å². The first-order valence-electron chi connectivity index (χ1n) is 11.1. The van der Waals surface area contributed by atoms with Crippen molar-refractivity contribution in [2.45, 2.75) is 38.1 Å². The first kappa shape index (κ1) is 23.7. The van der Waals surface area contributed by atoms with Crippen LogP contribution in [0, 0.1) is 0 Å². The molecule has 34 heavy (non-hydrogen) atoms. The Morgan fingerprint density at radius 1 is 1.15 bits per heavy atom. The minimum Gasteiger partial charge on any atom is -0.486 e. The molecule has 180 valence electrons. The lowest BCUT2D eigenvalue weighted by Gasteiger charge is -2.21. The van der Waals surface area contributed by atoms with Crippen LogP contribution in [0.15, 0.2) is 47.6 Å². The molecular weight excluding hydrogens is 454 g/mol. The van der Waals surface area contributed by atoms with Crippen LogP contribution in [-0.4, -0.2) is 51.7 Å². The molecule has 0 atom stereocenters. The van der Waals surface area contributed by atoms with Gasteiger partial charge in [-0.1, -0.05) is 43.8 Å². The third-order valence-corrected chi connectivity index (χ3v) is 6.35. The average Bonchev–Trinajstić information content (AvgIpc) is 3.20. The number of nitrogens with zero attached hydrogens (tertiary/aromatic N) is 4. The molecule has 0 unspecified atom stereocenters. The number of carbonyl (C=O) groups is 1. The second-order valence-corrected chi connectivity index (χ2v) is 9.24. The molecular formula is C24H29N5O4S. The molecule has 0 bridgehead atoms. The summed E-state index contributed by atoms with van der Waals surface area (Å²) in [6.45, 7) is 6.01. The Labute approximate surface area is 203 Å². The Morgan fingerprint density at radius 3 is 2.62 bits per heavy atom. The first-order chi connectivity index (χ1) is 16.4. The van der Waals surface area contributed by atoms with E-state index in [9.17, 15) is 4.79 Å². The molecule has 0 saturated heterocycles. The van der Waals surface area contributed by atoms with Crippen LogP contribution in [-0.2, 0) is 17.9 Å². The highest BCUT2D eigenvalue weighted by atomic mass is 32.2. The lowest BCUT2D eigenvalue weighted by molar-refractivity contribution is -0.127. The highest BCUT2D eigenvalue weighted by Gasteiger charge is 2.17. The monoisotopic (exact) mass is 483 g/mol. The van der Waals surface area contributed by atoms with Crippen LogP contribution in [0.5, 0.6) is 17.2 Å². The Morgan fingerprint density at radius 2 is 1.88 bits per heavy atom. The zero-order valence-electron chi connectivity index (χ0n) is 19.6. The van der Waals surface area contributed by atoms with E-state index in [2.05, 4.69) is 24.0 Å². The predicted molar refractivity (Wildman–Crippen MR) is 130 cm³/mol. The maximum absolute atomic E-state index is 12.6. The second-order valence-electron chi connectivity index (χ2n) is 8.30. The minimum atomic E-state index is -0.0501. The van der Waals surface area contributed by atoms with Gasteiger partial charge in [0.15, 0.2) is 17.3 Å². The maximum Gasteiger partial charge on any atom is 0.233 e. The first-order valence-corrected chi connectivity index (χ1v) is 12.1. The molecule has 0 aliphatic carbocycles. The van der Waals surface area contributed by atoms with Gasteiger partial charge in [-0.25, -0.2) is 4.68 Å². The third kappa shape index (κ3) is 5.74. The van der Waals surface area contributed by atoms with Crippen LogP contribution in [0.1, 0.15) is 36.7 Å². The lowest BCUT2D eigenvalue weighted by atomic mass is 10.0. The van der Waals surface area contributed by atoms with Gasteiger partial charge in [-0.2, -0.15) is 0 Å². The van der Waals surface area contributed by atoms with Crippen molar-refractivity contribution in [2.75, 3.05) is 31.9 Å². The molecule has 1 aliphatic heterocycles. The lowest BCUT2D eigenvalue weighted by Crippen LogP contribution is -2.28. The van der Waals surface area contributed by atoms with E-state index in [1.54, 1.807) is 11.9 Å². The van der Waals surface area contributed by atoms with Gasteiger partial charge in [0, 0.05) is 13.6 Å². The fraction of sp³-hybridized carbons (Fsp3) is 0.375. The SMILES string of the molecule is CC(C)c1ccc(OCc2nnc(SCC(=O)N(C)Cc3ccc4c(c3)OCCO4)n2N)cc1. The van der Waals surface area contributed by atoms with Crippen molar-refractivity contribution in [1.29, 1.82) is 0 Å². The van der Waals surface area contributed by atoms with E-state index in [0.29, 0.717) is 42.4 Å². The van der Waals surface area contributed by atoms with Gasteiger partial charge < -0.3 is 25.0 Å². The number of fused-ring (bicyclic) bond motifs is 1. The smallest absolute Gasteiger partial charge is 0.233 e. The summed E-state index contributed by atoms with van der Waals surface area (Å²) in [4.78, 5) is 14.3. The Bertz CT molecular complexity index is 1130. The van der Waals surface area contributed by atoms with Crippen molar-refractivity contribution >= 4 is 17.7 Å². The van der Waals surface area contributed by atoms with Crippen molar-refractivity contribution in [3.8, 4) is 17.2 Å². The minimum absolute atomic E-state index is 0.0501. The normalized spacial score (nSPS) is 12.6. The molecule has 10 heteroatoms. The largest absolute Gasteiger partial charge is 0.486 e. The summed E-state index contributed by atoms with van der Waals surface area (Å²) in [6.07, 6.45) is 0. The van der Waals surface area contributed by atoms with E-state index in [0.717, 1.165) is 17.1 Å². The zero-order chi connectivity index (χ0) is 24.1. The Kier molecular flexibility index (Phi) is 7.46. The number of hydrogen-bond donors (Lipinski definition) is 1. The number of hydrogen-bond acceptors (Lipinski definition) is 8. The highest BCUT2D eigenvalue weighted by molar-refractivity contribution is 7.99. The van der Waals surface area contributed by atoms with Gasteiger partial charge in [0.2, 0.25) is 11.1 Å². The molecule has 0 saturated carbocycles. The Balaban J connectivity index is 1.27. The van der Waals surface area contributed by atoms with Crippen molar-refractivity contribution in [2.24, 2.45) is 0 Å². The summed E-state index contributed by atoms with van der Waals surface area (Å²) in [7, 11) is 1.76. The fourth-order valence-electron chi connectivity index (χ4n) is 3.39. The summed E-state index contributed by atoms with van der Waals surface area (Å²) < 4.78 is 18.3. The van der Waals surface area contributed by atoms with Crippen LogP contribution in [0.2, 0.25) is 0 Å². The van der Waals surface area contributed by atoms with Gasteiger partial charge in [-0.15, -0.1) is 10.2 Å². The van der Waals surface area contributed by atoms with E-state index < -0.39 is 0 Å². The van der Waals surface area contributed by atoms with Crippen LogP contribution >= 0.6 is 11.8 Å². The number of benzene rings is 2. The standard InChI is InChI=1S/C24H29N5O4S/c1-16(2)18-5-7-19(8-6-18)33-14-22-26-27-24(29(22)25)34-15-23(30)28(3)13-17-4-9-20-21(12-17)32-11-10-31-20/h4-9,12,16H,10-11,13-15,25H2,1-3H3. The predicted octanol–water partition coefficient (Wildman–Crippen LogP) is 3.22. The number of thioether (sulfide) groups is 1. The molecule has 2 aromatic carbocycles. The quantitative estimate of drug-likeness (QED) is 0.365. The molecule has 1 aromatic heterocycles. The van der Waals surface area contributed by atoms with Gasteiger partial charge in [0.1, 0.15) is 25.6 Å². The molecule has 1 aliphatic rings. The molecule has 0 radical (unpaired) electrons.